The summed E-state index contributed by atoms with van der Waals surface area (Å²) in [5, 5.41) is 11.5. The summed E-state index contributed by atoms with van der Waals surface area (Å²) in [7, 11) is -0.348. The van der Waals surface area contributed by atoms with Crippen LogP contribution in [-0.4, -0.2) is 18.3 Å². The SMILES string of the molecule is CC1(C)OB(c2ccc3c(c2)sc2cc(-c4ccc(C#N)cc4)ccc23)OC1(C)C. The zero-order valence-electron chi connectivity index (χ0n) is 17.5. The van der Waals surface area contributed by atoms with Gasteiger partial charge in [-0.15, -0.1) is 11.3 Å². The van der Waals surface area contributed by atoms with Gasteiger partial charge in [-0.25, -0.2) is 0 Å². The Balaban J connectivity index is 1.54. The predicted octanol–water partition coefficient (Wildman–Crippen LogP) is 5.89. The summed E-state index contributed by atoms with van der Waals surface area (Å²) in [6, 6.07) is 23.0. The Hall–Kier alpha value is -2.65. The smallest absolute Gasteiger partial charge is 0.399 e. The molecule has 0 unspecified atom stereocenters. The van der Waals surface area contributed by atoms with Gasteiger partial charge >= 0.3 is 7.12 Å². The van der Waals surface area contributed by atoms with E-state index >= 15 is 0 Å². The molecule has 2 heterocycles. The van der Waals surface area contributed by atoms with Gasteiger partial charge in [0.2, 0.25) is 0 Å². The van der Waals surface area contributed by atoms with Crippen molar-refractivity contribution in [2.24, 2.45) is 0 Å². The molecule has 4 aromatic rings. The molecule has 0 amide bonds. The molecular weight excluding hydrogens is 389 g/mol. The predicted molar refractivity (Wildman–Crippen MR) is 125 cm³/mol. The van der Waals surface area contributed by atoms with E-state index in [4.69, 9.17) is 14.6 Å². The van der Waals surface area contributed by atoms with Crippen molar-refractivity contribution in [3.05, 3.63) is 66.2 Å². The molecule has 0 saturated carbocycles. The van der Waals surface area contributed by atoms with Crippen molar-refractivity contribution in [3.63, 3.8) is 0 Å². The Morgan fingerprint density at radius 2 is 1.33 bits per heavy atom. The van der Waals surface area contributed by atoms with Gasteiger partial charge in [0.05, 0.1) is 22.8 Å². The van der Waals surface area contributed by atoms with Crippen LogP contribution in [0.5, 0.6) is 0 Å². The maximum absolute atomic E-state index is 9.01. The van der Waals surface area contributed by atoms with Crippen LogP contribution in [0.25, 0.3) is 31.3 Å². The lowest BCUT2D eigenvalue weighted by Crippen LogP contribution is -2.41. The Bertz CT molecular complexity index is 1300. The van der Waals surface area contributed by atoms with Gasteiger partial charge in [-0.3, -0.25) is 0 Å². The van der Waals surface area contributed by atoms with E-state index < -0.39 is 0 Å². The number of thiophene rings is 1. The first-order valence-corrected chi connectivity index (χ1v) is 10.9. The average molecular weight is 411 g/mol. The van der Waals surface area contributed by atoms with Crippen LogP contribution in [-0.2, 0) is 9.31 Å². The molecular formula is C25H22BNO2S. The van der Waals surface area contributed by atoms with Crippen LogP contribution in [0.15, 0.2) is 60.7 Å². The molecule has 5 heteroatoms. The first-order valence-electron chi connectivity index (χ1n) is 10.1. The molecule has 0 N–H and O–H groups in total. The minimum absolute atomic E-state index is 0.344. The van der Waals surface area contributed by atoms with Crippen LogP contribution in [0.1, 0.15) is 33.3 Å². The second-order valence-corrected chi connectivity index (χ2v) is 9.93. The molecule has 5 rings (SSSR count). The van der Waals surface area contributed by atoms with Crippen molar-refractivity contribution >= 4 is 44.1 Å². The third kappa shape index (κ3) is 3.04. The monoisotopic (exact) mass is 411 g/mol. The number of benzene rings is 3. The van der Waals surface area contributed by atoms with Crippen molar-refractivity contribution in [1.29, 1.82) is 5.26 Å². The largest absolute Gasteiger partial charge is 0.494 e. The first kappa shape index (κ1) is 19.3. The fraction of sp³-hybridized carbons (Fsp3) is 0.240. The van der Waals surface area contributed by atoms with E-state index in [-0.39, 0.29) is 18.3 Å². The van der Waals surface area contributed by atoms with Crippen LogP contribution in [0, 0.1) is 11.3 Å². The number of fused-ring (bicyclic) bond motifs is 3. The third-order valence-corrected chi connectivity index (χ3v) is 7.49. The molecule has 0 spiro atoms. The van der Waals surface area contributed by atoms with Gasteiger partial charge in [-0.05, 0) is 68.6 Å². The van der Waals surface area contributed by atoms with Crippen LogP contribution in [0.2, 0.25) is 0 Å². The zero-order chi connectivity index (χ0) is 21.1. The summed E-state index contributed by atoms with van der Waals surface area (Å²) in [5.41, 5.74) is 3.32. The van der Waals surface area contributed by atoms with E-state index in [1.807, 2.05) is 24.3 Å². The normalized spacial score (nSPS) is 17.5. The molecule has 1 aliphatic heterocycles. The van der Waals surface area contributed by atoms with E-state index in [9.17, 15) is 0 Å². The summed E-state index contributed by atoms with van der Waals surface area (Å²) in [6.07, 6.45) is 0. The Labute approximate surface area is 181 Å². The van der Waals surface area contributed by atoms with E-state index in [1.165, 1.54) is 20.2 Å². The highest BCUT2D eigenvalue weighted by Crippen LogP contribution is 2.38. The molecule has 3 nitrogen and oxygen atoms in total. The van der Waals surface area contributed by atoms with Crippen LogP contribution in [0.3, 0.4) is 0 Å². The van der Waals surface area contributed by atoms with Crippen molar-refractivity contribution < 1.29 is 9.31 Å². The number of nitrogens with zero attached hydrogens (tertiary/aromatic N) is 1. The van der Waals surface area contributed by atoms with Crippen molar-refractivity contribution in [2.45, 2.75) is 38.9 Å². The summed E-state index contributed by atoms with van der Waals surface area (Å²) >= 11 is 1.79. The number of hydrogen-bond acceptors (Lipinski definition) is 4. The molecule has 1 fully saturated rings. The Morgan fingerprint density at radius 3 is 1.97 bits per heavy atom. The first-order chi connectivity index (χ1) is 14.3. The van der Waals surface area contributed by atoms with Gasteiger partial charge in [-0.2, -0.15) is 5.26 Å². The third-order valence-electron chi connectivity index (χ3n) is 6.37. The van der Waals surface area contributed by atoms with Crippen LogP contribution in [0.4, 0.5) is 0 Å². The van der Waals surface area contributed by atoms with Gasteiger partial charge in [0.1, 0.15) is 0 Å². The lowest BCUT2D eigenvalue weighted by molar-refractivity contribution is 0.00578. The van der Waals surface area contributed by atoms with Crippen molar-refractivity contribution in [1.82, 2.24) is 0 Å². The highest BCUT2D eigenvalue weighted by Gasteiger charge is 2.51. The summed E-state index contributed by atoms with van der Waals surface area (Å²) < 4.78 is 14.9. The summed E-state index contributed by atoms with van der Waals surface area (Å²) in [5.74, 6) is 0. The Kier molecular flexibility index (Phi) is 4.30. The summed E-state index contributed by atoms with van der Waals surface area (Å²) in [6.45, 7) is 8.32. The maximum atomic E-state index is 9.01. The maximum Gasteiger partial charge on any atom is 0.494 e. The average Bonchev–Trinajstić information content (AvgIpc) is 3.20. The number of hydrogen-bond donors (Lipinski definition) is 0. The van der Waals surface area contributed by atoms with Gasteiger partial charge in [-0.1, -0.05) is 36.4 Å². The summed E-state index contributed by atoms with van der Waals surface area (Å²) in [4.78, 5) is 0. The highest BCUT2D eigenvalue weighted by molar-refractivity contribution is 7.25. The van der Waals surface area contributed by atoms with Crippen molar-refractivity contribution in [3.8, 4) is 17.2 Å². The molecule has 3 aromatic carbocycles. The molecule has 0 aliphatic carbocycles. The molecule has 1 saturated heterocycles. The lowest BCUT2D eigenvalue weighted by Gasteiger charge is -2.32. The number of nitriles is 1. The molecule has 30 heavy (non-hydrogen) atoms. The molecule has 1 aliphatic rings. The van der Waals surface area contributed by atoms with Crippen LogP contribution >= 0.6 is 11.3 Å². The van der Waals surface area contributed by atoms with Crippen LogP contribution < -0.4 is 5.46 Å². The lowest BCUT2D eigenvalue weighted by atomic mass is 9.79. The fourth-order valence-corrected chi connectivity index (χ4v) is 5.03. The van der Waals surface area contributed by atoms with E-state index in [0.717, 1.165) is 16.6 Å². The minimum Gasteiger partial charge on any atom is -0.399 e. The van der Waals surface area contributed by atoms with E-state index in [2.05, 4.69) is 70.2 Å². The van der Waals surface area contributed by atoms with Gasteiger partial charge in [0.15, 0.2) is 0 Å². The zero-order valence-corrected chi connectivity index (χ0v) is 18.3. The van der Waals surface area contributed by atoms with Gasteiger partial charge < -0.3 is 9.31 Å². The van der Waals surface area contributed by atoms with Gasteiger partial charge in [0.25, 0.3) is 0 Å². The van der Waals surface area contributed by atoms with Crippen molar-refractivity contribution in [2.75, 3.05) is 0 Å². The van der Waals surface area contributed by atoms with Gasteiger partial charge in [0, 0.05) is 20.2 Å². The topological polar surface area (TPSA) is 42.2 Å². The minimum atomic E-state index is -0.348. The molecule has 0 atom stereocenters. The standard InChI is InChI=1S/C25H22BNO2S/c1-24(2)25(3,4)29-26(28-24)19-10-12-21-20-11-9-18(13-22(20)30-23(21)14-19)17-7-5-16(15-27)6-8-17/h5-14H,1-4H3. The Morgan fingerprint density at radius 1 is 0.767 bits per heavy atom. The quantitative estimate of drug-likeness (QED) is 0.386. The second-order valence-electron chi connectivity index (χ2n) is 8.85. The molecule has 1 aromatic heterocycles. The van der Waals surface area contributed by atoms with E-state index in [1.54, 1.807) is 11.3 Å². The fourth-order valence-electron chi connectivity index (χ4n) is 3.84. The molecule has 0 bridgehead atoms. The van der Waals surface area contributed by atoms with E-state index in [0.29, 0.717) is 5.56 Å². The molecule has 148 valence electrons. The number of rotatable bonds is 2. The molecule has 0 radical (unpaired) electrons. The highest BCUT2D eigenvalue weighted by atomic mass is 32.1. The second kappa shape index (κ2) is 6.68.